The molecular weight excluding hydrogens is 278 g/mol. The number of nitrogens with zero attached hydrogens (tertiary/aromatic N) is 1. The first-order valence-corrected chi connectivity index (χ1v) is 7.75. The van der Waals surface area contributed by atoms with E-state index >= 15 is 0 Å². The molecule has 0 heterocycles. The molecule has 0 aliphatic carbocycles. The van der Waals surface area contributed by atoms with Gasteiger partial charge in [-0.1, -0.05) is 54.6 Å². The topological polar surface area (TPSA) is 23.8 Å². The third-order valence-electron chi connectivity index (χ3n) is 4.16. The summed E-state index contributed by atoms with van der Waals surface area (Å²) in [5.74, 6) is 0. The van der Waals surface area contributed by atoms with Crippen molar-refractivity contribution in [3.8, 4) is 17.2 Å². The molecule has 3 aromatic carbocycles. The molecule has 0 aromatic heterocycles. The molecule has 0 saturated carbocycles. The maximum atomic E-state index is 9.16. The van der Waals surface area contributed by atoms with Crippen LogP contribution >= 0.6 is 0 Å². The van der Waals surface area contributed by atoms with Crippen molar-refractivity contribution in [1.82, 2.24) is 0 Å². The fraction of sp³-hybridized carbons (Fsp3) is 0.136. The molecule has 0 radical (unpaired) electrons. The second kappa shape index (κ2) is 6.10. The number of nitriles is 1. The van der Waals surface area contributed by atoms with Gasteiger partial charge in [0.15, 0.2) is 0 Å². The van der Waals surface area contributed by atoms with Crippen LogP contribution in [0.15, 0.2) is 66.7 Å². The summed E-state index contributed by atoms with van der Waals surface area (Å²) in [6.45, 7) is 8.20. The van der Waals surface area contributed by atoms with Crippen LogP contribution in [0.2, 0.25) is 0 Å². The summed E-state index contributed by atoms with van der Waals surface area (Å²) < 4.78 is 0. The minimum Gasteiger partial charge on any atom is -0.192 e. The maximum Gasteiger partial charge on any atom is 0.0991 e. The fourth-order valence-electron chi connectivity index (χ4n) is 2.98. The summed E-state index contributed by atoms with van der Waals surface area (Å²) in [5.41, 5.74) is 6.82. The third-order valence-corrected chi connectivity index (χ3v) is 4.16. The predicted octanol–water partition coefficient (Wildman–Crippen LogP) is 5.81. The Bertz CT molecular complexity index is 942. The van der Waals surface area contributed by atoms with E-state index in [1.165, 1.54) is 27.8 Å². The van der Waals surface area contributed by atoms with Gasteiger partial charge in [-0.25, -0.2) is 0 Å². The molecule has 0 atom stereocenters. The van der Waals surface area contributed by atoms with Crippen LogP contribution in [0, 0.1) is 18.3 Å². The van der Waals surface area contributed by atoms with Gasteiger partial charge in [-0.2, -0.15) is 5.26 Å². The van der Waals surface area contributed by atoms with Gasteiger partial charge in [-0.15, -0.1) is 0 Å². The molecule has 1 heteroatoms. The van der Waals surface area contributed by atoms with Gasteiger partial charge in [-0.3, -0.25) is 0 Å². The van der Waals surface area contributed by atoms with Gasteiger partial charge >= 0.3 is 0 Å². The van der Waals surface area contributed by atoms with E-state index in [1.54, 1.807) is 0 Å². The fourth-order valence-corrected chi connectivity index (χ4v) is 2.98. The van der Waals surface area contributed by atoms with Crippen molar-refractivity contribution in [1.29, 1.82) is 5.26 Å². The Hall–Kier alpha value is -2.85. The monoisotopic (exact) mass is 297 g/mol. The number of rotatable bonds is 3. The van der Waals surface area contributed by atoms with Crippen LogP contribution in [0.25, 0.3) is 21.9 Å². The van der Waals surface area contributed by atoms with E-state index in [4.69, 9.17) is 5.26 Å². The van der Waals surface area contributed by atoms with E-state index in [-0.39, 0.29) is 0 Å². The molecule has 23 heavy (non-hydrogen) atoms. The van der Waals surface area contributed by atoms with Crippen LogP contribution in [-0.4, -0.2) is 0 Å². The normalized spacial score (nSPS) is 10.5. The Morgan fingerprint density at radius 1 is 1.09 bits per heavy atom. The predicted molar refractivity (Wildman–Crippen MR) is 97.4 cm³/mol. The molecule has 0 spiro atoms. The van der Waals surface area contributed by atoms with Crippen molar-refractivity contribution < 1.29 is 0 Å². The van der Waals surface area contributed by atoms with Gasteiger partial charge in [0.05, 0.1) is 11.6 Å². The molecule has 0 saturated heterocycles. The Morgan fingerprint density at radius 3 is 2.61 bits per heavy atom. The number of hydrogen-bond donors (Lipinski definition) is 0. The molecule has 0 aliphatic heterocycles. The van der Waals surface area contributed by atoms with Crippen molar-refractivity contribution in [3.05, 3.63) is 83.4 Å². The highest BCUT2D eigenvalue weighted by atomic mass is 14.2. The van der Waals surface area contributed by atoms with Crippen LogP contribution in [0.1, 0.15) is 23.6 Å². The zero-order valence-electron chi connectivity index (χ0n) is 13.6. The van der Waals surface area contributed by atoms with Crippen LogP contribution in [-0.2, 0) is 6.42 Å². The van der Waals surface area contributed by atoms with Gasteiger partial charge in [0.2, 0.25) is 0 Å². The molecule has 0 N–H and O–H groups in total. The molecule has 112 valence electrons. The quantitative estimate of drug-likeness (QED) is 0.560. The molecular formula is C22H19N. The van der Waals surface area contributed by atoms with Gasteiger partial charge < -0.3 is 0 Å². The first-order valence-electron chi connectivity index (χ1n) is 7.75. The van der Waals surface area contributed by atoms with Gasteiger partial charge in [-0.05, 0) is 65.4 Å². The maximum absolute atomic E-state index is 9.16. The van der Waals surface area contributed by atoms with E-state index < -0.39 is 0 Å². The molecule has 1 nitrogen and oxygen atoms in total. The second-order valence-electron chi connectivity index (χ2n) is 6.13. The van der Waals surface area contributed by atoms with E-state index in [2.05, 4.69) is 62.9 Å². The first-order chi connectivity index (χ1) is 11.1. The van der Waals surface area contributed by atoms with Gasteiger partial charge in [0, 0.05) is 0 Å². The number of fused-ring (bicyclic) bond motifs is 1. The summed E-state index contributed by atoms with van der Waals surface area (Å²) in [5, 5.41) is 11.4. The lowest BCUT2D eigenvalue weighted by molar-refractivity contribution is 1.13. The highest BCUT2D eigenvalue weighted by Crippen LogP contribution is 2.31. The zero-order chi connectivity index (χ0) is 16.4. The standard InChI is InChI=1S/C22H19N/c1-15(2)11-19-9-10-20(12-16(19)3)21-6-4-5-18-8-7-17(14-23)13-22(18)21/h4-10,12-13H,1,11H2,2-3H3. The van der Waals surface area contributed by atoms with Crippen molar-refractivity contribution in [2.24, 2.45) is 0 Å². The molecule has 0 aliphatic rings. The summed E-state index contributed by atoms with van der Waals surface area (Å²) >= 11 is 0. The van der Waals surface area contributed by atoms with Crippen molar-refractivity contribution in [3.63, 3.8) is 0 Å². The second-order valence-corrected chi connectivity index (χ2v) is 6.13. The summed E-state index contributed by atoms with van der Waals surface area (Å²) in [6, 6.07) is 20.9. The Labute approximate surface area is 137 Å². The highest BCUT2D eigenvalue weighted by molar-refractivity contribution is 5.97. The van der Waals surface area contributed by atoms with E-state index in [0.717, 1.165) is 17.2 Å². The third kappa shape index (κ3) is 3.03. The van der Waals surface area contributed by atoms with Crippen LogP contribution in [0.3, 0.4) is 0 Å². The average Bonchev–Trinajstić information content (AvgIpc) is 2.55. The van der Waals surface area contributed by atoms with Crippen LogP contribution < -0.4 is 0 Å². The van der Waals surface area contributed by atoms with Crippen LogP contribution in [0.4, 0.5) is 0 Å². The largest absolute Gasteiger partial charge is 0.192 e. The van der Waals surface area contributed by atoms with Crippen molar-refractivity contribution in [2.75, 3.05) is 0 Å². The molecule has 3 aromatic rings. The average molecular weight is 297 g/mol. The smallest absolute Gasteiger partial charge is 0.0991 e. The van der Waals surface area contributed by atoms with E-state index in [0.29, 0.717) is 5.56 Å². The SMILES string of the molecule is C=C(C)Cc1ccc(-c2cccc3ccc(C#N)cc23)cc1C. The lowest BCUT2D eigenvalue weighted by atomic mass is 9.93. The summed E-state index contributed by atoms with van der Waals surface area (Å²) in [4.78, 5) is 0. The molecule has 0 amide bonds. The number of benzene rings is 3. The molecule has 0 unspecified atom stereocenters. The number of aryl methyl sites for hydroxylation is 1. The lowest BCUT2D eigenvalue weighted by Crippen LogP contribution is -1.91. The molecule has 3 rings (SSSR count). The van der Waals surface area contributed by atoms with E-state index in [1.807, 2.05) is 18.2 Å². The van der Waals surface area contributed by atoms with E-state index in [9.17, 15) is 0 Å². The van der Waals surface area contributed by atoms with Crippen LogP contribution in [0.5, 0.6) is 0 Å². The van der Waals surface area contributed by atoms with Gasteiger partial charge in [0.1, 0.15) is 0 Å². The molecule has 0 bridgehead atoms. The Balaban J connectivity index is 2.15. The lowest BCUT2D eigenvalue weighted by Gasteiger charge is -2.11. The number of hydrogen-bond acceptors (Lipinski definition) is 1. The summed E-state index contributed by atoms with van der Waals surface area (Å²) in [7, 11) is 0. The van der Waals surface area contributed by atoms with Crippen molar-refractivity contribution in [2.45, 2.75) is 20.3 Å². The highest BCUT2D eigenvalue weighted by Gasteiger charge is 2.07. The minimum atomic E-state index is 0.695. The minimum absolute atomic E-state index is 0.695. The molecule has 0 fully saturated rings. The summed E-state index contributed by atoms with van der Waals surface area (Å²) in [6.07, 6.45) is 0.917. The first kappa shape index (κ1) is 15.1. The van der Waals surface area contributed by atoms with Crippen molar-refractivity contribution >= 4 is 10.8 Å². The Kier molecular flexibility index (Phi) is 4.00. The zero-order valence-corrected chi connectivity index (χ0v) is 13.6. The number of allylic oxidation sites excluding steroid dienone is 1. The van der Waals surface area contributed by atoms with Gasteiger partial charge in [0.25, 0.3) is 0 Å². The Morgan fingerprint density at radius 2 is 1.91 bits per heavy atom.